The summed E-state index contributed by atoms with van der Waals surface area (Å²) in [5.41, 5.74) is 5.53. The topological polar surface area (TPSA) is 75.4 Å². The SMILES string of the molecule is CC(CC(=O)N1CCCC(C(=O)NCCN)C1)C(C)(C)C. The molecule has 0 aromatic heterocycles. The molecule has 2 atom stereocenters. The highest BCUT2D eigenvalue weighted by Gasteiger charge is 2.30. The van der Waals surface area contributed by atoms with E-state index in [2.05, 4.69) is 33.0 Å². The Morgan fingerprint density at radius 2 is 2.05 bits per heavy atom. The number of carbonyl (C=O) groups is 2. The van der Waals surface area contributed by atoms with E-state index in [1.807, 2.05) is 4.90 Å². The first-order valence-electron chi connectivity index (χ1n) is 8.01. The lowest BCUT2D eigenvalue weighted by Crippen LogP contribution is -2.46. The molecule has 5 heteroatoms. The van der Waals surface area contributed by atoms with Gasteiger partial charge in [-0.1, -0.05) is 27.7 Å². The van der Waals surface area contributed by atoms with Crippen molar-refractivity contribution in [1.29, 1.82) is 0 Å². The smallest absolute Gasteiger partial charge is 0.224 e. The molecule has 2 unspecified atom stereocenters. The fourth-order valence-corrected chi connectivity index (χ4v) is 2.45. The largest absolute Gasteiger partial charge is 0.355 e. The van der Waals surface area contributed by atoms with Crippen LogP contribution in [0.25, 0.3) is 0 Å². The Kier molecular flexibility index (Phi) is 6.65. The molecule has 3 N–H and O–H groups in total. The van der Waals surface area contributed by atoms with Crippen molar-refractivity contribution in [3.63, 3.8) is 0 Å². The van der Waals surface area contributed by atoms with Crippen molar-refractivity contribution in [2.75, 3.05) is 26.2 Å². The van der Waals surface area contributed by atoms with Crippen LogP contribution in [0.3, 0.4) is 0 Å². The van der Waals surface area contributed by atoms with Crippen molar-refractivity contribution < 1.29 is 9.59 Å². The molecule has 0 aromatic rings. The van der Waals surface area contributed by atoms with Crippen LogP contribution in [0.2, 0.25) is 0 Å². The Bertz CT molecular complexity index is 363. The van der Waals surface area contributed by atoms with Gasteiger partial charge in [0.05, 0.1) is 5.92 Å². The molecule has 1 fully saturated rings. The van der Waals surface area contributed by atoms with E-state index >= 15 is 0 Å². The number of hydrogen-bond donors (Lipinski definition) is 2. The first kappa shape index (κ1) is 18.0. The third-order valence-electron chi connectivity index (χ3n) is 4.55. The van der Waals surface area contributed by atoms with Crippen LogP contribution in [0.15, 0.2) is 0 Å². The minimum atomic E-state index is -0.0841. The minimum Gasteiger partial charge on any atom is -0.355 e. The summed E-state index contributed by atoms with van der Waals surface area (Å²) >= 11 is 0. The third kappa shape index (κ3) is 5.65. The number of carbonyl (C=O) groups excluding carboxylic acids is 2. The van der Waals surface area contributed by atoms with Crippen molar-refractivity contribution in [2.24, 2.45) is 23.0 Å². The zero-order chi connectivity index (χ0) is 16.0. The lowest BCUT2D eigenvalue weighted by atomic mass is 9.80. The standard InChI is InChI=1S/C16H31N3O2/c1-12(16(2,3)4)10-14(20)19-9-5-6-13(11-19)15(21)18-8-7-17/h12-13H,5-11,17H2,1-4H3,(H,18,21). The van der Waals surface area contributed by atoms with E-state index < -0.39 is 0 Å². The number of nitrogens with one attached hydrogen (secondary N) is 1. The van der Waals surface area contributed by atoms with E-state index in [0.717, 1.165) is 19.4 Å². The maximum atomic E-state index is 12.4. The van der Waals surface area contributed by atoms with Crippen LogP contribution >= 0.6 is 0 Å². The van der Waals surface area contributed by atoms with E-state index in [-0.39, 0.29) is 23.1 Å². The van der Waals surface area contributed by atoms with Crippen molar-refractivity contribution in [3.8, 4) is 0 Å². The van der Waals surface area contributed by atoms with Gasteiger partial charge >= 0.3 is 0 Å². The monoisotopic (exact) mass is 297 g/mol. The molecule has 0 saturated carbocycles. The van der Waals surface area contributed by atoms with Gasteiger partial charge in [0, 0.05) is 32.6 Å². The maximum absolute atomic E-state index is 12.4. The van der Waals surface area contributed by atoms with E-state index in [9.17, 15) is 9.59 Å². The van der Waals surface area contributed by atoms with Crippen molar-refractivity contribution in [3.05, 3.63) is 0 Å². The van der Waals surface area contributed by atoms with Crippen molar-refractivity contribution in [1.82, 2.24) is 10.2 Å². The third-order valence-corrected chi connectivity index (χ3v) is 4.55. The number of nitrogens with zero attached hydrogens (tertiary/aromatic N) is 1. The molecule has 0 bridgehead atoms. The van der Waals surface area contributed by atoms with Gasteiger partial charge in [-0.05, 0) is 24.2 Å². The first-order chi connectivity index (χ1) is 9.75. The maximum Gasteiger partial charge on any atom is 0.224 e. The molecular weight excluding hydrogens is 266 g/mol. The Hall–Kier alpha value is -1.10. The van der Waals surface area contributed by atoms with Crippen LogP contribution in [0.1, 0.15) is 47.0 Å². The number of likely N-dealkylation sites (tertiary alicyclic amines) is 1. The normalized spacial score (nSPS) is 21.0. The second-order valence-corrected chi connectivity index (χ2v) is 7.23. The molecule has 0 spiro atoms. The molecule has 1 aliphatic heterocycles. The lowest BCUT2D eigenvalue weighted by molar-refractivity contribution is -0.137. The number of nitrogens with two attached hydrogens (primary N) is 1. The lowest BCUT2D eigenvalue weighted by Gasteiger charge is -2.34. The first-order valence-corrected chi connectivity index (χ1v) is 8.01. The van der Waals surface area contributed by atoms with E-state index in [1.165, 1.54) is 0 Å². The molecule has 1 rings (SSSR count). The second-order valence-electron chi connectivity index (χ2n) is 7.23. The van der Waals surface area contributed by atoms with E-state index in [4.69, 9.17) is 5.73 Å². The average Bonchev–Trinajstić information content (AvgIpc) is 2.43. The fraction of sp³-hybridized carbons (Fsp3) is 0.875. The summed E-state index contributed by atoms with van der Waals surface area (Å²) in [6, 6.07) is 0. The van der Waals surface area contributed by atoms with Gasteiger partial charge in [0.2, 0.25) is 11.8 Å². The quantitative estimate of drug-likeness (QED) is 0.805. The van der Waals surface area contributed by atoms with Gasteiger partial charge in [0.25, 0.3) is 0 Å². The van der Waals surface area contributed by atoms with Crippen molar-refractivity contribution >= 4 is 11.8 Å². The summed E-state index contributed by atoms with van der Waals surface area (Å²) in [6.07, 6.45) is 2.31. The van der Waals surface area contributed by atoms with Crippen molar-refractivity contribution in [2.45, 2.75) is 47.0 Å². The van der Waals surface area contributed by atoms with Gasteiger partial charge in [-0.2, -0.15) is 0 Å². The van der Waals surface area contributed by atoms with Gasteiger partial charge < -0.3 is 16.0 Å². The van der Waals surface area contributed by atoms with Crippen LogP contribution in [-0.2, 0) is 9.59 Å². The molecule has 21 heavy (non-hydrogen) atoms. The number of amides is 2. The fourth-order valence-electron chi connectivity index (χ4n) is 2.45. The van der Waals surface area contributed by atoms with Gasteiger partial charge in [-0.3, -0.25) is 9.59 Å². The van der Waals surface area contributed by atoms with Crippen LogP contribution in [-0.4, -0.2) is 42.9 Å². The Balaban J connectivity index is 2.52. The highest BCUT2D eigenvalue weighted by Crippen LogP contribution is 2.29. The van der Waals surface area contributed by atoms with Gasteiger partial charge in [0.15, 0.2) is 0 Å². The average molecular weight is 297 g/mol. The minimum absolute atomic E-state index is 0.0295. The molecule has 1 saturated heterocycles. The Morgan fingerprint density at radius 3 is 2.62 bits per heavy atom. The van der Waals surface area contributed by atoms with Gasteiger partial charge in [-0.15, -0.1) is 0 Å². The predicted octanol–water partition coefficient (Wildman–Crippen LogP) is 1.37. The van der Waals surface area contributed by atoms with Crippen LogP contribution < -0.4 is 11.1 Å². The molecule has 1 heterocycles. The summed E-state index contributed by atoms with van der Waals surface area (Å²) in [7, 11) is 0. The van der Waals surface area contributed by atoms with Crippen LogP contribution in [0.5, 0.6) is 0 Å². The number of piperidine rings is 1. The van der Waals surface area contributed by atoms with Gasteiger partial charge in [0.1, 0.15) is 0 Å². The molecule has 0 radical (unpaired) electrons. The molecule has 0 aromatic carbocycles. The summed E-state index contributed by atoms with van der Waals surface area (Å²) < 4.78 is 0. The molecule has 122 valence electrons. The summed E-state index contributed by atoms with van der Waals surface area (Å²) in [5.74, 6) is 0.450. The Morgan fingerprint density at radius 1 is 1.38 bits per heavy atom. The summed E-state index contributed by atoms with van der Waals surface area (Å²) in [5, 5.41) is 2.82. The number of hydrogen-bond acceptors (Lipinski definition) is 3. The molecule has 0 aliphatic carbocycles. The van der Waals surface area contributed by atoms with Crippen LogP contribution in [0.4, 0.5) is 0 Å². The molecule has 1 aliphatic rings. The summed E-state index contributed by atoms with van der Waals surface area (Å²) in [4.78, 5) is 26.3. The number of rotatable bonds is 5. The molecule has 2 amide bonds. The summed E-state index contributed by atoms with van der Waals surface area (Å²) in [6.45, 7) is 10.9. The zero-order valence-corrected chi connectivity index (χ0v) is 13.9. The van der Waals surface area contributed by atoms with E-state index in [0.29, 0.717) is 32.0 Å². The molecular formula is C16H31N3O2. The Labute approximate surface area is 128 Å². The van der Waals surface area contributed by atoms with Crippen LogP contribution in [0, 0.1) is 17.3 Å². The second kappa shape index (κ2) is 7.78. The van der Waals surface area contributed by atoms with Gasteiger partial charge in [-0.25, -0.2) is 0 Å². The predicted molar refractivity (Wildman–Crippen MR) is 84.6 cm³/mol. The zero-order valence-electron chi connectivity index (χ0n) is 13.9. The highest BCUT2D eigenvalue weighted by atomic mass is 16.2. The molecule has 5 nitrogen and oxygen atoms in total. The van der Waals surface area contributed by atoms with E-state index in [1.54, 1.807) is 0 Å². The highest BCUT2D eigenvalue weighted by molar-refractivity contribution is 5.81.